The van der Waals surface area contributed by atoms with Crippen LogP contribution in [0.3, 0.4) is 0 Å². The number of benzene rings is 1. The predicted molar refractivity (Wildman–Crippen MR) is 124 cm³/mol. The molecule has 2 aliphatic rings. The molecule has 0 amide bonds. The number of nitrogens with zero attached hydrogens (tertiary/aromatic N) is 2. The number of piperidine rings is 1. The molecule has 1 saturated heterocycles. The van der Waals surface area contributed by atoms with Gasteiger partial charge in [-0.05, 0) is 70.1 Å². The largest absolute Gasteiger partial charge is 0.485 e. The second kappa shape index (κ2) is 12.0. The van der Waals surface area contributed by atoms with Crippen molar-refractivity contribution < 1.29 is 17.9 Å². The van der Waals surface area contributed by atoms with Crippen LogP contribution in [0.25, 0.3) is 0 Å². The number of likely N-dealkylation sites (tertiary alicyclic amines) is 1. The first-order valence-corrected chi connectivity index (χ1v) is 11.4. The van der Waals surface area contributed by atoms with Gasteiger partial charge in [-0.3, -0.25) is 0 Å². The number of rotatable bonds is 10. The minimum absolute atomic E-state index is 0. The van der Waals surface area contributed by atoms with E-state index >= 15 is 0 Å². The molecule has 2 N–H and O–H groups in total. The van der Waals surface area contributed by atoms with Crippen LogP contribution in [0.15, 0.2) is 30.5 Å². The van der Waals surface area contributed by atoms with Gasteiger partial charge in [0.2, 0.25) is 5.95 Å². The van der Waals surface area contributed by atoms with Crippen LogP contribution >= 0.6 is 12.4 Å². The molecule has 5 nitrogen and oxygen atoms in total. The van der Waals surface area contributed by atoms with Crippen LogP contribution in [-0.2, 0) is 6.61 Å². The minimum Gasteiger partial charge on any atom is -0.485 e. The van der Waals surface area contributed by atoms with E-state index in [2.05, 4.69) is 20.5 Å². The van der Waals surface area contributed by atoms with E-state index in [1.165, 1.54) is 18.3 Å². The molecule has 1 saturated carbocycles. The number of ether oxygens (including phenoxy) is 1. The van der Waals surface area contributed by atoms with Gasteiger partial charge in [-0.15, -0.1) is 12.4 Å². The molecule has 1 aliphatic heterocycles. The Bertz CT molecular complexity index is 911. The topological polar surface area (TPSA) is 49.4 Å². The van der Waals surface area contributed by atoms with Crippen molar-refractivity contribution >= 4 is 12.4 Å². The van der Waals surface area contributed by atoms with E-state index in [-0.39, 0.29) is 42.3 Å². The molecular formula is C24H32ClF3N4O. The Labute approximate surface area is 199 Å². The first kappa shape index (κ1) is 25.7. The molecule has 2 atom stereocenters. The molecule has 1 aromatic carbocycles. The van der Waals surface area contributed by atoms with E-state index in [0.29, 0.717) is 11.5 Å². The predicted octanol–water partition coefficient (Wildman–Crippen LogP) is 3.88. The Morgan fingerprint density at radius 3 is 2.70 bits per heavy atom. The van der Waals surface area contributed by atoms with Gasteiger partial charge in [-0.1, -0.05) is 0 Å². The van der Waals surface area contributed by atoms with Gasteiger partial charge in [0.05, 0.1) is 0 Å². The molecule has 33 heavy (non-hydrogen) atoms. The Kier molecular flexibility index (Phi) is 9.37. The number of nitrogens with one attached hydrogen (secondary N) is 2. The van der Waals surface area contributed by atoms with Crippen LogP contribution in [-0.4, -0.2) is 55.7 Å². The number of halogens is 4. The van der Waals surface area contributed by atoms with E-state index in [9.17, 15) is 13.2 Å². The molecule has 2 heterocycles. The highest BCUT2D eigenvalue weighted by Gasteiger charge is 2.41. The zero-order valence-corrected chi connectivity index (χ0v) is 19.6. The lowest BCUT2D eigenvalue weighted by Gasteiger charge is -2.32. The molecule has 0 spiro atoms. The summed E-state index contributed by atoms with van der Waals surface area (Å²) in [5, 5.41) is 6.77. The van der Waals surface area contributed by atoms with Crippen molar-refractivity contribution in [2.24, 2.45) is 5.92 Å². The van der Waals surface area contributed by atoms with Gasteiger partial charge in [0, 0.05) is 48.4 Å². The Hall–Kier alpha value is -1.87. The molecule has 0 radical (unpaired) electrons. The summed E-state index contributed by atoms with van der Waals surface area (Å²) >= 11 is 0. The van der Waals surface area contributed by atoms with Crippen molar-refractivity contribution in [2.75, 3.05) is 39.8 Å². The molecule has 9 heteroatoms. The van der Waals surface area contributed by atoms with Crippen molar-refractivity contribution in [3.63, 3.8) is 0 Å². The highest BCUT2D eigenvalue weighted by Crippen LogP contribution is 2.46. The minimum atomic E-state index is -0.760. The van der Waals surface area contributed by atoms with E-state index in [0.717, 1.165) is 58.1 Å². The van der Waals surface area contributed by atoms with E-state index in [4.69, 9.17) is 4.74 Å². The fraction of sp³-hybridized carbons (Fsp3) is 0.542. The van der Waals surface area contributed by atoms with Crippen LogP contribution in [0.2, 0.25) is 0 Å². The Morgan fingerprint density at radius 1 is 1.18 bits per heavy atom. The van der Waals surface area contributed by atoms with Crippen LogP contribution < -0.4 is 15.4 Å². The maximum atomic E-state index is 14.5. The summed E-state index contributed by atoms with van der Waals surface area (Å²) in [6.07, 6.45) is 4.47. The quantitative estimate of drug-likeness (QED) is 0.501. The second-order valence-corrected chi connectivity index (χ2v) is 8.79. The molecule has 2 fully saturated rings. The summed E-state index contributed by atoms with van der Waals surface area (Å²) in [5.74, 6) is -1.43. The maximum Gasteiger partial charge on any atom is 0.219 e. The number of hydrogen-bond donors (Lipinski definition) is 2. The lowest BCUT2D eigenvalue weighted by Crippen LogP contribution is -2.40. The second-order valence-electron chi connectivity index (χ2n) is 8.79. The number of hydrogen-bond acceptors (Lipinski definition) is 5. The van der Waals surface area contributed by atoms with Gasteiger partial charge in [-0.2, -0.15) is 4.39 Å². The molecule has 1 aromatic heterocycles. The van der Waals surface area contributed by atoms with Crippen molar-refractivity contribution in [1.82, 2.24) is 20.5 Å². The normalized spacial score (nSPS) is 21.0. The fourth-order valence-corrected chi connectivity index (χ4v) is 4.45. The first-order valence-electron chi connectivity index (χ1n) is 11.4. The smallest absolute Gasteiger partial charge is 0.219 e. The summed E-state index contributed by atoms with van der Waals surface area (Å²) in [6, 6.07) is 5.46. The summed E-state index contributed by atoms with van der Waals surface area (Å²) in [7, 11) is 1.97. The molecule has 4 rings (SSSR count). The molecule has 182 valence electrons. The first-order chi connectivity index (χ1) is 15.5. The highest BCUT2D eigenvalue weighted by molar-refractivity contribution is 5.85. The SMILES string of the molecule is CNCCN1CCC(CN[C@@H]2C[C@H]2c2cc(F)cc(F)c2OCc2cccnc2F)CC1.Cl. The summed E-state index contributed by atoms with van der Waals surface area (Å²) in [5.41, 5.74) is 0.736. The third-order valence-electron chi connectivity index (χ3n) is 6.49. The molecular weight excluding hydrogens is 453 g/mol. The fourth-order valence-electron chi connectivity index (χ4n) is 4.45. The monoisotopic (exact) mass is 484 g/mol. The van der Waals surface area contributed by atoms with Crippen molar-refractivity contribution in [2.45, 2.75) is 37.8 Å². The van der Waals surface area contributed by atoms with Gasteiger partial charge in [0.1, 0.15) is 12.4 Å². The highest BCUT2D eigenvalue weighted by atomic mass is 35.5. The average Bonchev–Trinajstić information content (AvgIpc) is 3.56. The third kappa shape index (κ3) is 6.82. The zero-order valence-electron chi connectivity index (χ0n) is 18.8. The van der Waals surface area contributed by atoms with E-state index in [1.807, 2.05) is 7.05 Å². The maximum absolute atomic E-state index is 14.5. The third-order valence-corrected chi connectivity index (χ3v) is 6.49. The van der Waals surface area contributed by atoms with Crippen molar-refractivity contribution in [3.8, 4) is 5.75 Å². The molecule has 0 unspecified atom stereocenters. The van der Waals surface area contributed by atoms with E-state index < -0.39 is 17.6 Å². The van der Waals surface area contributed by atoms with Gasteiger partial charge in [-0.25, -0.2) is 13.8 Å². The number of aromatic nitrogens is 1. The van der Waals surface area contributed by atoms with Gasteiger partial charge in [0.15, 0.2) is 11.6 Å². The zero-order chi connectivity index (χ0) is 22.5. The van der Waals surface area contributed by atoms with Gasteiger partial charge >= 0.3 is 0 Å². The summed E-state index contributed by atoms with van der Waals surface area (Å²) in [4.78, 5) is 6.06. The lowest BCUT2D eigenvalue weighted by atomic mass is 9.96. The van der Waals surface area contributed by atoms with Gasteiger partial charge in [0.25, 0.3) is 0 Å². The number of pyridine rings is 1. The van der Waals surface area contributed by atoms with Crippen LogP contribution in [0.5, 0.6) is 5.75 Å². The molecule has 1 aliphatic carbocycles. The van der Waals surface area contributed by atoms with Crippen molar-refractivity contribution in [1.29, 1.82) is 0 Å². The lowest BCUT2D eigenvalue weighted by molar-refractivity contribution is 0.183. The summed E-state index contributed by atoms with van der Waals surface area (Å²) in [6.45, 7) is 5.06. The number of likely N-dealkylation sites (N-methyl/N-ethyl adjacent to an activating group) is 1. The van der Waals surface area contributed by atoms with Crippen LogP contribution in [0, 0.1) is 23.5 Å². The van der Waals surface area contributed by atoms with Crippen LogP contribution in [0.1, 0.15) is 36.3 Å². The standard InChI is InChI=1S/C24H31F3N4O.ClH/c1-28-7-10-31-8-4-16(5-9-31)14-30-22-13-19(22)20-11-18(25)12-21(26)23(20)32-15-17-3-2-6-29-24(17)27;/h2-3,6,11-12,16,19,22,28,30H,4-5,7-10,13-15H2,1H3;1H/t19-,22+;/m0./s1. The van der Waals surface area contributed by atoms with Crippen molar-refractivity contribution in [3.05, 3.63) is 59.2 Å². The molecule has 0 bridgehead atoms. The van der Waals surface area contributed by atoms with E-state index in [1.54, 1.807) is 6.07 Å². The Balaban J connectivity index is 0.00000306. The van der Waals surface area contributed by atoms with Gasteiger partial charge < -0.3 is 20.3 Å². The van der Waals surface area contributed by atoms with Crippen LogP contribution in [0.4, 0.5) is 13.2 Å². The average molecular weight is 485 g/mol. The Morgan fingerprint density at radius 2 is 1.97 bits per heavy atom. The molecule has 2 aromatic rings. The summed E-state index contributed by atoms with van der Waals surface area (Å²) < 4.78 is 47.9.